The SMILES string of the molecule is C=C/C=N\CN/C=C\C. The monoisotopic (exact) mass is 124 g/mol. The first-order chi connectivity index (χ1) is 4.41. The summed E-state index contributed by atoms with van der Waals surface area (Å²) < 4.78 is 0. The molecule has 0 amide bonds. The lowest BCUT2D eigenvalue weighted by molar-refractivity contribution is 0.887. The van der Waals surface area contributed by atoms with Crippen molar-refractivity contribution < 1.29 is 0 Å². The molecule has 9 heavy (non-hydrogen) atoms. The van der Waals surface area contributed by atoms with Gasteiger partial charge in [0.15, 0.2) is 0 Å². The highest BCUT2D eigenvalue weighted by atomic mass is 15.0. The van der Waals surface area contributed by atoms with Crippen LogP contribution in [-0.2, 0) is 0 Å². The van der Waals surface area contributed by atoms with Gasteiger partial charge >= 0.3 is 0 Å². The Bertz CT molecular complexity index is 114. The molecule has 0 aromatic carbocycles. The third-order valence-electron chi connectivity index (χ3n) is 0.678. The van der Waals surface area contributed by atoms with E-state index in [9.17, 15) is 0 Å². The van der Waals surface area contributed by atoms with E-state index in [-0.39, 0.29) is 0 Å². The van der Waals surface area contributed by atoms with E-state index in [0.717, 1.165) is 0 Å². The molecule has 0 aliphatic heterocycles. The molecule has 50 valence electrons. The normalized spacial score (nSPS) is 10.8. The van der Waals surface area contributed by atoms with E-state index in [0.29, 0.717) is 6.67 Å². The second kappa shape index (κ2) is 6.95. The maximum atomic E-state index is 3.92. The molecule has 0 aliphatic carbocycles. The Morgan fingerprint density at radius 1 is 1.67 bits per heavy atom. The van der Waals surface area contributed by atoms with Crippen molar-refractivity contribution in [2.24, 2.45) is 4.99 Å². The van der Waals surface area contributed by atoms with Crippen molar-refractivity contribution in [3.63, 3.8) is 0 Å². The fourth-order valence-electron chi connectivity index (χ4n) is 0.351. The molecule has 0 aromatic heterocycles. The minimum atomic E-state index is 0.621. The summed E-state index contributed by atoms with van der Waals surface area (Å²) in [6, 6.07) is 0. The van der Waals surface area contributed by atoms with Gasteiger partial charge in [0.1, 0.15) is 6.67 Å². The van der Waals surface area contributed by atoms with Crippen molar-refractivity contribution in [1.29, 1.82) is 0 Å². The average molecular weight is 124 g/mol. The van der Waals surface area contributed by atoms with Crippen LogP contribution in [0.4, 0.5) is 0 Å². The number of nitrogens with one attached hydrogen (secondary N) is 1. The number of nitrogens with zero attached hydrogens (tertiary/aromatic N) is 1. The average Bonchev–Trinajstić information content (AvgIpc) is 1.89. The molecule has 0 fully saturated rings. The molecule has 0 heterocycles. The summed E-state index contributed by atoms with van der Waals surface area (Å²) in [6.45, 7) is 6.05. The van der Waals surface area contributed by atoms with Gasteiger partial charge in [-0.1, -0.05) is 18.7 Å². The molecule has 0 unspecified atom stereocenters. The Labute approximate surface area is 56.0 Å². The van der Waals surface area contributed by atoms with Crippen LogP contribution >= 0.6 is 0 Å². The van der Waals surface area contributed by atoms with Gasteiger partial charge in [0.05, 0.1) is 0 Å². The summed E-state index contributed by atoms with van der Waals surface area (Å²) in [7, 11) is 0. The lowest BCUT2D eigenvalue weighted by Gasteiger charge is -1.89. The van der Waals surface area contributed by atoms with Gasteiger partial charge in [-0.15, -0.1) is 0 Å². The number of aliphatic imine (C=N–C) groups is 1. The van der Waals surface area contributed by atoms with E-state index in [4.69, 9.17) is 0 Å². The molecule has 0 radical (unpaired) electrons. The summed E-state index contributed by atoms with van der Waals surface area (Å²) in [6.07, 6.45) is 7.08. The lowest BCUT2D eigenvalue weighted by Crippen LogP contribution is -2.03. The van der Waals surface area contributed by atoms with Gasteiger partial charge in [-0.3, -0.25) is 4.99 Å². The molecule has 0 rings (SSSR count). The number of hydrogen-bond donors (Lipinski definition) is 1. The third kappa shape index (κ3) is 6.95. The van der Waals surface area contributed by atoms with Gasteiger partial charge in [-0.25, -0.2) is 0 Å². The fourth-order valence-corrected chi connectivity index (χ4v) is 0.351. The number of allylic oxidation sites excluding steroid dienone is 2. The zero-order valence-electron chi connectivity index (χ0n) is 5.67. The zero-order valence-corrected chi connectivity index (χ0v) is 5.67. The summed E-state index contributed by atoms with van der Waals surface area (Å²) >= 11 is 0. The molecular formula is C7H12N2. The molecule has 0 bridgehead atoms. The molecule has 0 saturated heterocycles. The van der Waals surface area contributed by atoms with Crippen LogP contribution in [-0.4, -0.2) is 12.9 Å². The van der Waals surface area contributed by atoms with E-state index < -0.39 is 0 Å². The molecule has 1 N–H and O–H groups in total. The van der Waals surface area contributed by atoms with Crippen molar-refractivity contribution in [2.75, 3.05) is 6.67 Å². The quantitative estimate of drug-likeness (QED) is 0.443. The standard InChI is InChI=1S/C7H12N2/c1-3-5-8-7-9-6-4-2/h3-6,9H,1,7H2,2H3/b6-4-,8-5-. The van der Waals surface area contributed by atoms with Crippen molar-refractivity contribution in [3.05, 3.63) is 24.9 Å². The van der Waals surface area contributed by atoms with Gasteiger partial charge in [-0.05, 0) is 13.1 Å². The largest absolute Gasteiger partial charge is 0.373 e. The molecule has 0 saturated carbocycles. The summed E-state index contributed by atoms with van der Waals surface area (Å²) in [5.41, 5.74) is 0. The van der Waals surface area contributed by atoms with Gasteiger partial charge in [-0.2, -0.15) is 0 Å². The smallest absolute Gasteiger partial charge is 0.107 e. The van der Waals surface area contributed by atoms with Crippen LogP contribution in [0.1, 0.15) is 6.92 Å². The van der Waals surface area contributed by atoms with Crippen molar-refractivity contribution in [1.82, 2.24) is 5.32 Å². The van der Waals surface area contributed by atoms with Crippen LogP contribution < -0.4 is 5.32 Å². The van der Waals surface area contributed by atoms with Gasteiger partial charge in [0, 0.05) is 6.21 Å². The molecule has 0 aliphatic rings. The predicted molar refractivity (Wildman–Crippen MR) is 41.5 cm³/mol. The summed E-state index contributed by atoms with van der Waals surface area (Å²) in [5, 5.41) is 2.94. The molecular weight excluding hydrogens is 112 g/mol. The minimum Gasteiger partial charge on any atom is -0.373 e. The van der Waals surface area contributed by atoms with E-state index >= 15 is 0 Å². The van der Waals surface area contributed by atoms with Gasteiger partial charge in [0.25, 0.3) is 0 Å². The van der Waals surface area contributed by atoms with E-state index in [1.54, 1.807) is 12.3 Å². The highest BCUT2D eigenvalue weighted by molar-refractivity contribution is 5.69. The van der Waals surface area contributed by atoms with Crippen molar-refractivity contribution in [2.45, 2.75) is 6.92 Å². The topological polar surface area (TPSA) is 24.4 Å². The molecule has 0 spiro atoms. The second-order valence-corrected chi connectivity index (χ2v) is 1.43. The minimum absolute atomic E-state index is 0.621. The highest BCUT2D eigenvalue weighted by Gasteiger charge is 1.66. The first-order valence-corrected chi connectivity index (χ1v) is 2.87. The van der Waals surface area contributed by atoms with Crippen LogP contribution in [0.3, 0.4) is 0 Å². The summed E-state index contributed by atoms with van der Waals surface area (Å²) in [4.78, 5) is 3.92. The Morgan fingerprint density at radius 3 is 3.00 bits per heavy atom. The van der Waals surface area contributed by atoms with Crippen LogP contribution in [0, 0.1) is 0 Å². The maximum Gasteiger partial charge on any atom is 0.107 e. The van der Waals surface area contributed by atoms with E-state index in [2.05, 4.69) is 16.9 Å². The predicted octanol–water partition coefficient (Wildman–Crippen LogP) is 1.32. The molecule has 0 aromatic rings. The first-order valence-electron chi connectivity index (χ1n) is 2.87. The molecule has 0 atom stereocenters. The maximum absolute atomic E-state index is 3.92. The molecule has 2 nitrogen and oxygen atoms in total. The Morgan fingerprint density at radius 2 is 2.44 bits per heavy atom. The van der Waals surface area contributed by atoms with Crippen molar-refractivity contribution in [3.8, 4) is 0 Å². The Kier molecular flexibility index (Phi) is 6.14. The highest BCUT2D eigenvalue weighted by Crippen LogP contribution is 1.65. The van der Waals surface area contributed by atoms with Crippen LogP contribution in [0.2, 0.25) is 0 Å². The van der Waals surface area contributed by atoms with Crippen LogP contribution in [0.25, 0.3) is 0 Å². The van der Waals surface area contributed by atoms with Gasteiger partial charge in [0.2, 0.25) is 0 Å². The summed E-state index contributed by atoms with van der Waals surface area (Å²) in [5.74, 6) is 0. The Balaban J connectivity index is 3.08. The second-order valence-electron chi connectivity index (χ2n) is 1.43. The van der Waals surface area contributed by atoms with Crippen LogP contribution in [0.15, 0.2) is 29.9 Å². The molecule has 2 heteroatoms. The third-order valence-corrected chi connectivity index (χ3v) is 0.678. The lowest BCUT2D eigenvalue weighted by atomic mass is 10.7. The Hall–Kier alpha value is -1.05. The van der Waals surface area contributed by atoms with Crippen LogP contribution in [0.5, 0.6) is 0 Å². The zero-order chi connectivity index (χ0) is 6.95. The number of rotatable bonds is 4. The fraction of sp³-hybridized carbons (Fsp3) is 0.286. The van der Waals surface area contributed by atoms with E-state index in [1.807, 2.05) is 19.2 Å². The van der Waals surface area contributed by atoms with E-state index in [1.165, 1.54) is 0 Å². The number of hydrogen-bond acceptors (Lipinski definition) is 2. The van der Waals surface area contributed by atoms with Gasteiger partial charge < -0.3 is 5.32 Å². The van der Waals surface area contributed by atoms with Crippen molar-refractivity contribution >= 4 is 6.21 Å². The first kappa shape index (κ1) is 7.95.